The van der Waals surface area contributed by atoms with Gasteiger partial charge in [-0.15, -0.1) is 11.3 Å². The van der Waals surface area contributed by atoms with Crippen LogP contribution in [0.15, 0.2) is 42.5 Å². The average Bonchev–Trinajstić information content (AvgIpc) is 3.01. The number of carboxylic acids is 1. The van der Waals surface area contributed by atoms with E-state index in [1.165, 1.54) is 15.3 Å². The van der Waals surface area contributed by atoms with Crippen LogP contribution >= 0.6 is 11.3 Å². The van der Waals surface area contributed by atoms with Crippen molar-refractivity contribution in [1.82, 2.24) is 5.32 Å². The Hall–Kier alpha value is -1.65. The minimum Gasteiger partial charge on any atom is -0.481 e. The van der Waals surface area contributed by atoms with Gasteiger partial charge in [0.2, 0.25) is 0 Å². The van der Waals surface area contributed by atoms with Gasteiger partial charge in [0.25, 0.3) is 0 Å². The molecule has 0 spiro atoms. The van der Waals surface area contributed by atoms with Gasteiger partial charge in [-0.1, -0.05) is 44.2 Å². The lowest BCUT2D eigenvalue weighted by Gasteiger charge is -2.26. The van der Waals surface area contributed by atoms with Gasteiger partial charge < -0.3 is 10.4 Å². The van der Waals surface area contributed by atoms with E-state index in [2.05, 4.69) is 29.6 Å². The number of hydrogen-bond acceptors (Lipinski definition) is 3. The van der Waals surface area contributed by atoms with Crippen LogP contribution in [0.25, 0.3) is 10.4 Å². The quantitative estimate of drug-likeness (QED) is 0.759. The molecule has 0 fully saturated rings. The molecule has 0 aliphatic heterocycles. The van der Waals surface area contributed by atoms with Crippen LogP contribution in [0.5, 0.6) is 0 Å². The van der Waals surface area contributed by atoms with E-state index in [1.54, 1.807) is 11.3 Å². The van der Waals surface area contributed by atoms with Crippen LogP contribution in [0.3, 0.4) is 0 Å². The summed E-state index contributed by atoms with van der Waals surface area (Å²) in [6.07, 6.45) is 1.29. The van der Waals surface area contributed by atoms with Gasteiger partial charge in [-0.25, -0.2) is 0 Å². The minimum atomic E-state index is -0.707. The molecule has 0 atom stereocenters. The van der Waals surface area contributed by atoms with Gasteiger partial charge in [0.1, 0.15) is 0 Å². The van der Waals surface area contributed by atoms with Crippen molar-refractivity contribution in [3.8, 4) is 10.4 Å². The number of aliphatic carboxylic acids is 1. The number of nitrogens with one attached hydrogen (secondary N) is 1. The molecule has 2 aromatic rings. The zero-order valence-electron chi connectivity index (χ0n) is 13.1. The van der Waals surface area contributed by atoms with Crippen molar-refractivity contribution in [2.45, 2.75) is 33.2 Å². The molecule has 0 aliphatic rings. The molecule has 0 bridgehead atoms. The summed E-state index contributed by atoms with van der Waals surface area (Å²) in [5, 5.41) is 12.8. The fourth-order valence-corrected chi connectivity index (χ4v) is 3.52. The third kappa shape index (κ3) is 3.76. The highest BCUT2D eigenvalue weighted by molar-refractivity contribution is 7.15. The van der Waals surface area contributed by atoms with E-state index in [0.717, 1.165) is 0 Å². The van der Waals surface area contributed by atoms with E-state index in [1.807, 2.05) is 32.0 Å². The largest absolute Gasteiger partial charge is 0.481 e. The van der Waals surface area contributed by atoms with Crippen molar-refractivity contribution in [2.24, 2.45) is 5.41 Å². The van der Waals surface area contributed by atoms with Crippen molar-refractivity contribution in [2.75, 3.05) is 6.54 Å². The molecule has 0 radical (unpaired) electrons. The summed E-state index contributed by atoms with van der Waals surface area (Å²) in [4.78, 5) is 13.9. The Labute approximate surface area is 136 Å². The Bertz CT molecular complexity index is 603. The van der Waals surface area contributed by atoms with Gasteiger partial charge in [0.15, 0.2) is 0 Å². The van der Waals surface area contributed by atoms with Crippen LogP contribution in [-0.2, 0) is 11.3 Å². The van der Waals surface area contributed by atoms with E-state index >= 15 is 0 Å². The highest BCUT2D eigenvalue weighted by Crippen LogP contribution is 2.29. The molecule has 4 heteroatoms. The third-order valence-electron chi connectivity index (χ3n) is 4.29. The topological polar surface area (TPSA) is 49.3 Å². The van der Waals surface area contributed by atoms with Crippen LogP contribution < -0.4 is 5.32 Å². The molecular formula is C18H23NO2S. The Kier molecular flexibility index (Phi) is 5.75. The molecule has 1 heterocycles. The van der Waals surface area contributed by atoms with Gasteiger partial charge in [-0.3, -0.25) is 4.79 Å². The average molecular weight is 317 g/mol. The van der Waals surface area contributed by atoms with Crippen molar-refractivity contribution >= 4 is 17.3 Å². The summed E-state index contributed by atoms with van der Waals surface area (Å²) in [7, 11) is 0. The number of rotatable bonds is 8. The van der Waals surface area contributed by atoms with Gasteiger partial charge >= 0.3 is 5.97 Å². The molecule has 2 rings (SSSR count). The minimum absolute atomic E-state index is 0.508. The van der Waals surface area contributed by atoms with Crippen molar-refractivity contribution in [3.05, 3.63) is 47.3 Å². The molecule has 0 amide bonds. The SMILES string of the molecule is CCC(CC)(CNCc1ccc(-c2ccccc2)s1)C(=O)O. The fraction of sp³-hybridized carbons (Fsp3) is 0.389. The van der Waals surface area contributed by atoms with Crippen LogP contribution in [0.2, 0.25) is 0 Å². The molecule has 0 unspecified atom stereocenters. The summed E-state index contributed by atoms with van der Waals surface area (Å²) in [5.74, 6) is -0.707. The Balaban J connectivity index is 1.96. The Morgan fingerprint density at radius 2 is 1.82 bits per heavy atom. The van der Waals surface area contributed by atoms with Crippen LogP contribution in [0, 0.1) is 5.41 Å². The first-order chi connectivity index (χ1) is 10.6. The van der Waals surface area contributed by atoms with Crippen LogP contribution in [0.4, 0.5) is 0 Å². The van der Waals surface area contributed by atoms with Gasteiger partial charge in [0, 0.05) is 22.8 Å². The lowest BCUT2D eigenvalue weighted by Crippen LogP contribution is -2.39. The maximum atomic E-state index is 11.5. The molecule has 1 aromatic heterocycles. The van der Waals surface area contributed by atoms with Crippen molar-refractivity contribution < 1.29 is 9.90 Å². The lowest BCUT2D eigenvalue weighted by atomic mass is 9.82. The second kappa shape index (κ2) is 7.56. The number of carboxylic acid groups (broad SMARTS) is 1. The fourth-order valence-electron chi connectivity index (χ4n) is 2.53. The molecule has 0 saturated carbocycles. The first-order valence-corrected chi connectivity index (χ1v) is 8.51. The van der Waals surface area contributed by atoms with E-state index in [9.17, 15) is 9.90 Å². The van der Waals surface area contributed by atoms with Crippen molar-refractivity contribution in [3.63, 3.8) is 0 Å². The third-order valence-corrected chi connectivity index (χ3v) is 5.42. The Morgan fingerprint density at radius 1 is 1.14 bits per heavy atom. The van der Waals surface area contributed by atoms with E-state index < -0.39 is 11.4 Å². The first-order valence-electron chi connectivity index (χ1n) is 7.69. The number of thiophene rings is 1. The maximum Gasteiger partial charge on any atom is 0.310 e. The highest BCUT2D eigenvalue weighted by atomic mass is 32.1. The molecule has 0 aliphatic carbocycles. The molecule has 1 aromatic carbocycles. The lowest BCUT2D eigenvalue weighted by molar-refractivity contribution is -0.149. The van der Waals surface area contributed by atoms with Crippen LogP contribution in [-0.4, -0.2) is 17.6 Å². The molecular weight excluding hydrogens is 294 g/mol. The molecule has 0 saturated heterocycles. The van der Waals surface area contributed by atoms with E-state index in [4.69, 9.17) is 0 Å². The molecule has 118 valence electrons. The predicted molar refractivity (Wildman–Crippen MR) is 92.1 cm³/mol. The monoisotopic (exact) mass is 317 g/mol. The summed E-state index contributed by atoms with van der Waals surface area (Å²) in [5.41, 5.74) is 0.570. The van der Waals surface area contributed by atoms with E-state index in [0.29, 0.717) is 25.9 Å². The summed E-state index contributed by atoms with van der Waals surface area (Å²) < 4.78 is 0. The van der Waals surface area contributed by atoms with Gasteiger partial charge in [0.05, 0.1) is 5.41 Å². The second-order valence-corrected chi connectivity index (χ2v) is 6.70. The number of carbonyl (C=O) groups is 1. The van der Waals surface area contributed by atoms with Gasteiger partial charge in [-0.05, 0) is 30.5 Å². The number of benzene rings is 1. The van der Waals surface area contributed by atoms with E-state index in [-0.39, 0.29) is 0 Å². The molecule has 2 N–H and O–H groups in total. The zero-order valence-corrected chi connectivity index (χ0v) is 14.0. The molecule has 3 nitrogen and oxygen atoms in total. The zero-order chi connectivity index (χ0) is 16.0. The summed E-state index contributed by atoms with van der Waals surface area (Å²) >= 11 is 1.75. The highest BCUT2D eigenvalue weighted by Gasteiger charge is 2.34. The smallest absolute Gasteiger partial charge is 0.310 e. The van der Waals surface area contributed by atoms with Crippen LogP contribution in [0.1, 0.15) is 31.6 Å². The normalized spacial score (nSPS) is 11.5. The summed E-state index contributed by atoms with van der Waals surface area (Å²) in [6, 6.07) is 14.5. The second-order valence-electron chi connectivity index (χ2n) is 5.53. The maximum absolute atomic E-state index is 11.5. The molecule has 22 heavy (non-hydrogen) atoms. The first kappa shape index (κ1) is 16.7. The summed E-state index contributed by atoms with van der Waals surface area (Å²) in [6.45, 7) is 5.11. The number of hydrogen-bond donors (Lipinski definition) is 2. The standard InChI is InChI=1S/C18H23NO2S/c1-3-18(4-2,17(20)21)13-19-12-15-10-11-16(22-15)14-8-6-5-7-9-14/h5-11,19H,3-4,12-13H2,1-2H3,(H,20,21). The Morgan fingerprint density at radius 3 is 2.41 bits per heavy atom. The predicted octanol–water partition coefficient (Wildman–Crippen LogP) is 4.40. The van der Waals surface area contributed by atoms with Crippen molar-refractivity contribution in [1.29, 1.82) is 0 Å². The van der Waals surface area contributed by atoms with Gasteiger partial charge in [-0.2, -0.15) is 0 Å².